The first kappa shape index (κ1) is 11.1. The lowest BCUT2D eigenvalue weighted by Crippen LogP contribution is -2.14. The smallest absolute Gasteiger partial charge is 0.0406 e. The molecule has 74 valence electrons. The Morgan fingerprint density at radius 2 is 2.00 bits per heavy atom. The summed E-state index contributed by atoms with van der Waals surface area (Å²) in [5.41, 5.74) is 1.25. The predicted octanol–water partition coefficient (Wildman–Crippen LogP) is 2.84. The van der Waals surface area contributed by atoms with Crippen LogP contribution in [0.1, 0.15) is 18.4 Å². The number of rotatable bonds is 5. The van der Waals surface area contributed by atoms with Crippen LogP contribution in [-0.2, 0) is 6.54 Å². The maximum absolute atomic E-state index is 5.77. The molecule has 0 aromatic heterocycles. The van der Waals surface area contributed by atoms with Gasteiger partial charge in [0.2, 0.25) is 0 Å². The van der Waals surface area contributed by atoms with Crippen molar-refractivity contribution in [2.24, 2.45) is 0 Å². The number of nitrogens with one attached hydrogen (secondary N) is 1. The molecule has 0 atom stereocenters. The topological polar surface area (TPSA) is 12.0 Å². The third-order valence-corrected chi connectivity index (χ3v) is 2.17. The summed E-state index contributed by atoms with van der Waals surface area (Å²) in [5.74, 6) is 2.62. The van der Waals surface area contributed by atoms with E-state index in [4.69, 9.17) is 18.0 Å². The number of hydrogen-bond acceptors (Lipinski definition) is 1. The summed E-state index contributed by atoms with van der Waals surface area (Å²) < 4.78 is 0. The van der Waals surface area contributed by atoms with Crippen LogP contribution >= 0.6 is 11.6 Å². The highest BCUT2D eigenvalue weighted by molar-refractivity contribution is 6.30. The SMILES string of the molecule is C#CCCCNCc1ccc(Cl)cc1. The van der Waals surface area contributed by atoms with E-state index in [-0.39, 0.29) is 0 Å². The second-order valence-electron chi connectivity index (χ2n) is 3.11. The molecule has 0 aliphatic rings. The Hall–Kier alpha value is -0.970. The number of unbranched alkanes of at least 4 members (excludes halogenated alkanes) is 1. The first-order valence-corrected chi connectivity index (χ1v) is 5.09. The van der Waals surface area contributed by atoms with Gasteiger partial charge >= 0.3 is 0 Å². The van der Waals surface area contributed by atoms with Crippen molar-refractivity contribution < 1.29 is 0 Å². The lowest BCUT2D eigenvalue weighted by molar-refractivity contribution is 0.659. The number of halogens is 1. The summed E-state index contributed by atoms with van der Waals surface area (Å²) in [6.45, 7) is 1.84. The minimum Gasteiger partial charge on any atom is -0.313 e. The number of terminal acetylenes is 1. The molecule has 0 bridgehead atoms. The fourth-order valence-electron chi connectivity index (χ4n) is 1.15. The van der Waals surface area contributed by atoms with Gasteiger partial charge in [-0.3, -0.25) is 0 Å². The Morgan fingerprint density at radius 1 is 1.29 bits per heavy atom. The van der Waals surface area contributed by atoms with E-state index < -0.39 is 0 Å². The molecule has 0 fully saturated rings. The second kappa shape index (κ2) is 6.48. The molecule has 0 spiro atoms. The van der Waals surface area contributed by atoms with Gasteiger partial charge in [-0.15, -0.1) is 12.3 Å². The Kier molecular flexibility index (Phi) is 5.14. The van der Waals surface area contributed by atoms with E-state index >= 15 is 0 Å². The number of hydrogen-bond donors (Lipinski definition) is 1. The molecule has 0 saturated carbocycles. The fraction of sp³-hybridized carbons (Fsp3) is 0.333. The van der Waals surface area contributed by atoms with Crippen LogP contribution in [0.2, 0.25) is 5.02 Å². The fourth-order valence-corrected chi connectivity index (χ4v) is 1.28. The van der Waals surface area contributed by atoms with Crippen molar-refractivity contribution in [3.63, 3.8) is 0 Å². The van der Waals surface area contributed by atoms with Crippen LogP contribution in [0.15, 0.2) is 24.3 Å². The van der Waals surface area contributed by atoms with E-state index in [1.807, 2.05) is 24.3 Å². The van der Waals surface area contributed by atoms with Gasteiger partial charge < -0.3 is 5.32 Å². The lowest BCUT2D eigenvalue weighted by Gasteiger charge is -2.03. The lowest BCUT2D eigenvalue weighted by atomic mass is 10.2. The van der Waals surface area contributed by atoms with Crippen molar-refractivity contribution in [3.8, 4) is 12.3 Å². The predicted molar refractivity (Wildman–Crippen MR) is 61.2 cm³/mol. The molecule has 0 amide bonds. The maximum atomic E-state index is 5.77. The molecule has 1 aromatic rings. The molecule has 1 N–H and O–H groups in total. The number of benzene rings is 1. The monoisotopic (exact) mass is 207 g/mol. The summed E-state index contributed by atoms with van der Waals surface area (Å²) in [5, 5.41) is 4.10. The summed E-state index contributed by atoms with van der Waals surface area (Å²) in [7, 11) is 0. The Balaban J connectivity index is 2.19. The summed E-state index contributed by atoms with van der Waals surface area (Å²) in [6, 6.07) is 7.85. The third-order valence-electron chi connectivity index (χ3n) is 1.92. The molecule has 0 saturated heterocycles. The first-order valence-electron chi connectivity index (χ1n) is 4.71. The van der Waals surface area contributed by atoms with Crippen LogP contribution in [0.5, 0.6) is 0 Å². The Morgan fingerprint density at radius 3 is 2.64 bits per heavy atom. The van der Waals surface area contributed by atoms with Gasteiger partial charge in [0.1, 0.15) is 0 Å². The molecular weight excluding hydrogens is 194 g/mol. The van der Waals surface area contributed by atoms with Crippen molar-refractivity contribution in [2.45, 2.75) is 19.4 Å². The quantitative estimate of drug-likeness (QED) is 0.579. The van der Waals surface area contributed by atoms with Gasteiger partial charge in [-0.25, -0.2) is 0 Å². The average molecular weight is 208 g/mol. The van der Waals surface area contributed by atoms with Crippen molar-refractivity contribution in [1.29, 1.82) is 0 Å². The maximum Gasteiger partial charge on any atom is 0.0406 e. The molecule has 2 heteroatoms. The minimum absolute atomic E-state index is 0.779. The van der Waals surface area contributed by atoms with E-state index in [1.165, 1.54) is 5.56 Å². The Bertz CT molecular complexity index is 297. The van der Waals surface area contributed by atoms with Gasteiger partial charge in [0.05, 0.1) is 0 Å². The zero-order valence-corrected chi connectivity index (χ0v) is 8.85. The molecule has 0 aliphatic carbocycles. The normalized spacial score (nSPS) is 9.71. The molecule has 1 rings (SSSR count). The van der Waals surface area contributed by atoms with Crippen LogP contribution < -0.4 is 5.32 Å². The van der Waals surface area contributed by atoms with Gasteiger partial charge in [-0.2, -0.15) is 0 Å². The summed E-state index contributed by atoms with van der Waals surface area (Å²) in [6.07, 6.45) is 7.02. The molecule has 14 heavy (non-hydrogen) atoms. The van der Waals surface area contributed by atoms with E-state index in [9.17, 15) is 0 Å². The van der Waals surface area contributed by atoms with E-state index in [1.54, 1.807) is 0 Å². The van der Waals surface area contributed by atoms with E-state index in [0.29, 0.717) is 0 Å². The van der Waals surface area contributed by atoms with Crippen molar-refractivity contribution in [1.82, 2.24) is 5.32 Å². The zero-order valence-electron chi connectivity index (χ0n) is 8.09. The molecule has 0 radical (unpaired) electrons. The largest absolute Gasteiger partial charge is 0.313 e. The third kappa shape index (κ3) is 4.32. The van der Waals surface area contributed by atoms with Gasteiger partial charge in [0.25, 0.3) is 0 Å². The Labute approximate surface area is 90.5 Å². The highest BCUT2D eigenvalue weighted by atomic mass is 35.5. The second-order valence-corrected chi connectivity index (χ2v) is 3.55. The van der Waals surface area contributed by atoms with Crippen molar-refractivity contribution in [2.75, 3.05) is 6.54 Å². The van der Waals surface area contributed by atoms with Gasteiger partial charge in [0, 0.05) is 18.0 Å². The standard InChI is InChI=1S/C12H14ClN/c1-2-3-4-9-14-10-11-5-7-12(13)8-6-11/h1,5-8,14H,3-4,9-10H2. The molecule has 0 unspecified atom stereocenters. The van der Waals surface area contributed by atoms with Crippen LogP contribution in [0, 0.1) is 12.3 Å². The summed E-state index contributed by atoms with van der Waals surface area (Å²) >= 11 is 5.77. The molecule has 1 aromatic carbocycles. The summed E-state index contributed by atoms with van der Waals surface area (Å²) in [4.78, 5) is 0. The van der Waals surface area contributed by atoms with Crippen LogP contribution in [0.3, 0.4) is 0 Å². The molecular formula is C12H14ClN. The highest BCUT2D eigenvalue weighted by Crippen LogP contribution is 2.08. The van der Waals surface area contributed by atoms with Crippen LogP contribution in [0.4, 0.5) is 0 Å². The van der Waals surface area contributed by atoms with E-state index in [2.05, 4.69) is 11.2 Å². The highest BCUT2D eigenvalue weighted by Gasteiger charge is 1.92. The molecule has 0 heterocycles. The molecule has 1 nitrogen and oxygen atoms in total. The average Bonchev–Trinajstić information content (AvgIpc) is 2.21. The zero-order chi connectivity index (χ0) is 10.2. The van der Waals surface area contributed by atoms with Gasteiger partial charge in [-0.05, 0) is 30.7 Å². The van der Waals surface area contributed by atoms with Crippen molar-refractivity contribution in [3.05, 3.63) is 34.9 Å². The molecule has 0 aliphatic heterocycles. The van der Waals surface area contributed by atoms with Crippen LogP contribution in [-0.4, -0.2) is 6.54 Å². The van der Waals surface area contributed by atoms with Crippen LogP contribution in [0.25, 0.3) is 0 Å². The van der Waals surface area contributed by atoms with Crippen molar-refractivity contribution >= 4 is 11.6 Å². The van der Waals surface area contributed by atoms with E-state index in [0.717, 1.165) is 31.0 Å². The van der Waals surface area contributed by atoms with Gasteiger partial charge in [-0.1, -0.05) is 23.7 Å². The van der Waals surface area contributed by atoms with Gasteiger partial charge in [0.15, 0.2) is 0 Å². The minimum atomic E-state index is 0.779. The first-order chi connectivity index (χ1) is 6.83.